The average Bonchev–Trinajstić information content (AvgIpc) is 3.26. The summed E-state index contributed by atoms with van der Waals surface area (Å²) in [6.45, 7) is 4.65. The SMILES string of the molecule is Cc1nnc2ccc(C(=O)OC(C)C(=O)N3CCc4sccc4C3)cn12. The lowest BCUT2D eigenvalue weighted by Gasteiger charge is -2.29. The van der Waals surface area contributed by atoms with Crippen LogP contribution in [0.15, 0.2) is 29.8 Å². The molecular weight excluding hydrogens is 352 g/mol. The van der Waals surface area contributed by atoms with Crippen LogP contribution < -0.4 is 0 Å². The number of ether oxygens (including phenoxy) is 1. The van der Waals surface area contributed by atoms with E-state index < -0.39 is 12.1 Å². The van der Waals surface area contributed by atoms with Gasteiger partial charge in [-0.1, -0.05) is 0 Å². The zero-order valence-electron chi connectivity index (χ0n) is 14.5. The number of aryl methyl sites for hydroxylation is 1. The molecule has 1 atom stereocenters. The summed E-state index contributed by atoms with van der Waals surface area (Å²) in [6.07, 6.45) is 1.64. The Labute approximate surface area is 154 Å². The summed E-state index contributed by atoms with van der Waals surface area (Å²) in [5.41, 5.74) is 2.20. The van der Waals surface area contributed by atoms with Crippen LogP contribution in [-0.4, -0.2) is 44.0 Å². The van der Waals surface area contributed by atoms with Gasteiger partial charge in [0.15, 0.2) is 11.8 Å². The van der Waals surface area contributed by atoms with E-state index in [1.807, 2.05) is 11.4 Å². The largest absolute Gasteiger partial charge is 0.449 e. The van der Waals surface area contributed by atoms with Crippen LogP contribution in [0.2, 0.25) is 0 Å². The van der Waals surface area contributed by atoms with Crippen molar-refractivity contribution >= 4 is 28.9 Å². The highest BCUT2D eigenvalue weighted by Gasteiger charge is 2.27. The van der Waals surface area contributed by atoms with E-state index >= 15 is 0 Å². The van der Waals surface area contributed by atoms with Crippen LogP contribution in [-0.2, 0) is 22.5 Å². The second kappa shape index (κ2) is 6.53. The minimum atomic E-state index is -0.833. The Bertz CT molecular complexity index is 993. The van der Waals surface area contributed by atoms with Crippen molar-refractivity contribution in [1.82, 2.24) is 19.5 Å². The third kappa shape index (κ3) is 2.96. The predicted octanol–water partition coefficient (Wildman–Crippen LogP) is 2.23. The van der Waals surface area contributed by atoms with Crippen LogP contribution in [0.5, 0.6) is 0 Å². The third-order valence-corrected chi connectivity index (χ3v) is 5.58. The maximum atomic E-state index is 12.6. The molecule has 134 valence electrons. The van der Waals surface area contributed by atoms with E-state index in [0.29, 0.717) is 30.1 Å². The zero-order valence-corrected chi connectivity index (χ0v) is 15.3. The second-order valence-electron chi connectivity index (χ2n) is 6.32. The first-order valence-electron chi connectivity index (χ1n) is 8.39. The van der Waals surface area contributed by atoms with E-state index in [1.165, 1.54) is 10.4 Å². The number of fused-ring (bicyclic) bond motifs is 2. The van der Waals surface area contributed by atoms with Crippen LogP contribution in [0, 0.1) is 6.92 Å². The lowest BCUT2D eigenvalue weighted by atomic mass is 10.1. The normalized spacial score (nSPS) is 14.9. The number of thiophene rings is 1. The molecular formula is C18H18N4O3S. The van der Waals surface area contributed by atoms with Gasteiger partial charge in [0, 0.05) is 24.2 Å². The minimum Gasteiger partial charge on any atom is -0.449 e. The minimum absolute atomic E-state index is 0.170. The molecule has 0 aromatic carbocycles. The highest BCUT2D eigenvalue weighted by molar-refractivity contribution is 7.10. The Kier molecular flexibility index (Phi) is 4.20. The molecule has 3 aromatic heterocycles. The first kappa shape index (κ1) is 16.7. The molecule has 0 N–H and O–H groups in total. The molecule has 8 heteroatoms. The molecule has 7 nitrogen and oxygen atoms in total. The van der Waals surface area contributed by atoms with Gasteiger partial charge in [-0.3, -0.25) is 9.20 Å². The molecule has 26 heavy (non-hydrogen) atoms. The van der Waals surface area contributed by atoms with E-state index in [2.05, 4.69) is 10.2 Å². The summed E-state index contributed by atoms with van der Waals surface area (Å²) in [6, 6.07) is 5.38. The number of aromatic nitrogens is 3. The maximum absolute atomic E-state index is 12.6. The van der Waals surface area contributed by atoms with Crippen LogP contribution >= 0.6 is 11.3 Å². The van der Waals surface area contributed by atoms with Crippen LogP contribution in [0.4, 0.5) is 0 Å². The highest BCUT2D eigenvalue weighted by atomic mass is 32.1. The van der Waals surface area contributed by atoms with E-state index in [9.17, 15) is 9.59 Å². The molecule has 0 bridgehead atoms. The van der Waals surface area contributed by atoms with Crippen LogP contribution in [0.25, 0.3) is 5.65 Å². The number of hydrogen-bond donors (Lipinski definition) is 0. The van der Waals surface area contributed by atoms with Gasteiger partial charge in [-0.25, -0.2) is 4.79 Å². The lowest BCUT2D eigenvalue weighted by molar-refractivity contribution is -0.140. The predicted molar refractivity (Wildman–Crippen MR) is 96.0 cm³/mol. The molecule has 0 spiro atoms. The topological polar surface area (TPSA) is 76.8 Å². The Morgan fingerprint density at radius 3 is 2.96 bits per heavy atom. The van der Waals surface area contributed by atoms with Crippen molar-refractivity contribution in [1.29, 1.82) is 0 Å². The molecule has 4 rings (SSSR count). The number of carbonyl (C=O) groups excluding carboxylic acids is 2. The monoisotopic (exact) mass is 370 g/mol. The molecule has 0 fully saturated rings. The van der Waals surface area contributed by atoms with Gasteiger partial charge in [-0.15, -0.1) is 21.5 Å². The number of nitrogens with zero attached hydrogens (tertiary/aromatic N) is 4. The fraction of sp³-hybridized carbons (Fsp3) is 0.333. The maximum Gasteiger partial charge on any atom is 0.340 e. The fourth-order valence-electron chi connectivity index (χ4n) is 3.10. The molecule has 0 saturated heterocycles. The molecule has 0 radical (unpaired) electrons. The van der Waals surface area contributed by atoms with Crippen molar-refractivity contribution < 1.29 is 14.3 Å². The Balaban J connectivity index is 1.45. The highest BCUT2D eigenvalue weighted by Crippen LogP contribution is 2.24. The van der Waals surface area contributed by atoms with E-state index in [0.717, 1.165) is 6.42 Å². The molecule has 0 aliphatic carbocycles. The summed E-state index contributed by atoms with van der Waals surface area (Å²) in [5, 5.41) is 9.99. The quantitative estimate of drug-likeness (QED) is 0.661. The van der Waals surface area contributed by atoms with Crippen LogP contribution in [0.1, 0.15) is 33.5 Å². The average molecular weight is 370 g/mol. The van der Waals surface area contributed by atoms with Gasteiger partial charge in [-0.05, 0) is 49.4 Å². The molecule has 1 unspecified atom stereocenters. The van der Waals surface area contributed by atoms with E-state index in [1.54, 1.807) is 52.8 Å². The first-order chi connectivity index (χ1) is 12.5. The van der Waals surface area contributed by atoms with Gasteiger partial charge < -0.3 is 9.64 Å². The second-order valence-corrected chi connectivity index (χ2v) is 7.32. The Hall–Kier alpha value is -2.74. The Morgan fingerprint density at radius 2 is 2.12 bits per heavy atom. The molecule has 3 aromatic rings. The van der Waals surface area contributed by atoms with Gasteiger partial charge in [0.2, 0.25) is 0 Å². The first-order valence-corrected chi connectivity index (χ1v) is 9.27. The van der Waals surface area contributed by atoms with Crippen LogP contribution in [0.3, 0.4) is 0 Å². The fourth-order valence-corrected chi connectivity index (χ4v) is 3.99. The number of pyridine rings is 1. The van der Waals surface area contributed by atoms with Gasteiger partial charge in [0.05, 0.1) is 5.56 Å². The Morgan fingerprint density at radius 1 is 1.27 bits per heavy atom. The number of carbonyl (C=O) groups is 2. The summed E-state index contributed by atoms with van der Waals surface area (Å²) >= 11 is 1.72. The molecule has 1 aliphatic rings. The number of rotatable bonds is 3. The van der Waals surface area contributed by atoms with Crippen molar-refractivity contribution in [2.24, 2.45) is 0 Å². The smallest absolute Gasteiger partial charge is 0.340 e. The molecule has 1 amide bonds. The summed E-state index contributed by atoms with van der Waals surface area (Å²) in [5.74, 6) is -0.0236. The van der Waals surface area contributed by atoms with E-state index in [-0.39, 0.29) is 5.91 Å². The number of hydrogen-bond acceptors (Lipinski definition) is 6. The molecule has 4 heterocycles. The molecule has 1 aliphatic heterocycles. The summed E-state index contributed by atoms with van der Waals surface area (Å²) < 4.78 is 7.12. The summed E-state index contributed by atoms with van der Waals surface area (Å²) in [4.78, 5) is 28.2. The van der Waals surface area contributed by atoms with Crippen molar-refractivity contribution in [3.63, 3.8) is 0 Å². The lowest BCUT2D eigenvalue weighted by Crippen LogP contribution is -2.42. The van der Waals surface area contributed by atoms with E-state index in [4.69, 9.17) is 4.74 Å². The van der Waals surface area contributed by atoms with Gasteiger partial charge >= 0.3 is 5.97 Å². The zero-order chi connectivity index (χ0) is 18.3. The number of esters is 1. The standard InChI is InChI=1S/C18H18N4O3S/c1-11(17(23)21-7-5-15-13(9-21)6-8-26-15)25-18(24)14-3-4-16-20-19-12(2)22(16)10-14/h3-4,6,8,10-11H,5,7,9H2,1-2H3. The van der Waals surface area contributed by atoms with Gasteiger partial charge in [0.1, 0.15) is 5.82 Å². The van der Waals surface area contributed by atoms with Crippen molar-refractivity contribution in [2.75, 3.05) is 6.54 Å². The van der Waals surface area contributed by atoms with Gasteiger partial charge in [0.25, 0.3) is 5.91 Å². The van der Waals surface area contributed by atoms with Gasteiger partial charge in [-0.2, -0.15) is 0 Å². The number of amides is 1. The molecule has 0 saturated carbocycles. The van der Waals surface area contributed by atoms with Crippen molar-refractivity contribution in [2.45, 2.75) is 32.9 Å². The summed E-state index contributed by atoms with van der Waals surface area (Å²) in [7, 11) is 0. The third-order valence-electron chi connectivity index (χ3n) is 4.56. The van der Waals surface area contributed by atoms with Crippen molar-refractivity contribution in [3.8, 4) is 0 Å². The van der Waals surface area contributed by atoms with Crippen molar-refractivity contribution in [3.05, 3.63) is 51.6 Å².